The molecule has 9 heteroatoms. The molecule has 0 unspecified atom stereocenters. The van der Waals surface area contributed by atoms with Crippen molar-refractivity contribution in [3.63, 3.8) is 0 Å². The largest absolute Gasteiger partial charge is 0.307 e. The van der Waals surface area contributed by atoms with Gasteiger partial charge in [-0.05, 0) is 31.0 Å². The van der Waals surface area contributed by atoms with E-state index in [1.54, 1.807) is 18.3 Å². The number of rotatable bonds is 3. The summed E-state index contributed by atoms with van der Waals surface area (Å²) < 4.78 is 14.9. The Morgan fingerprint density at radius 1 is 1.33 bits per heavy atom. The van der Waals surface area contributed by atoms with Crippen molar-refractivity contribution in [1.82, 2.24) is 25.3 Å². The highest BCUT2D eigenvalue weighted by Crippen LogP contribution is 2.28. The summed E-state index contributed by atoms with van der Waals surface area (Å²) in [5.41, 5.74) is 0.232. The van der Waals surface area contributed by atoms with Gasteiger partial charge in [-0.15, -0.1) is 10.2 Å². The van der Waals surface area contributed by atoms with Gasteiger partial charge >= 0.3 is 0 Å². The number of amides is 1. The third kappa shape index (κ3) is 3.17. The zero-order valence-corrected chi connectivity index (χ0v) is 14.3. The molecule has 0 spiro atoms. The monoisotopic (exact) mass is 365 g/mol. The summed E-state index contributed by atoms with van der Waals surface area (Å²) in [5, 5.41) is 27.4. The van der Waals surface area contributed by atoms with Crippen molar-refractivity contribution in [2.24, 2.45) is 0 Å². The molecule has 0 radical (unpaired) electrons. The number of fused-ring (bicyclic) bond motifs is 1. The van der Waals surface area contributed by atoms with Crippen LogP contribution in [0.4, 0.5) is 10.2 Å². The van der Waals surface area contributed by atoms with Crippen LogP contribution in [0.25, 0.3) is 22.2 Å². The maximum absolute atomic E-state index is 14.9. The van der Waals surface area contributed by atoms with E-state index in [0.29, 0.717) is 18.7 Å². The predicted molar refractivity (Wildman–Crippen MR) is 96.0 cm³/mol. The van der Waals surface area contributed by atoms with Crippen LogP contribution in [0.1, 0.15) is 12.8 Å². The zero-order valence-electron chi connectivity index (χ0n) is 14.3. The smallest absolute Gasteiger partial charge is 0.265 e. The van der Waals surface area contributed by atoms with E-state index in [-0.39, 0.29) is 18.8 Å². The van der Waals surface area contributed by atoms with Crippen molar-refractivity contribution < 1.29 is 9.18 Å². The number of aromatic nitrogens is 4. The Labute approximate surface area is 154 Å². The maximum atomic E-state index is 14.9. The number of alkyl halides is 1. The van der Waals surface area contributed by atoms with Crippen molar-refractivity contribution in [2.45, 2.75) is 18.5 Å². The van der Waals surface area contributed by atoms with Crippen molar-refractivity contribution >= 4 is 22.6 Å². The second-order valence-corrected chi connectivity index (χ2v) is 6.49. The third-order valence-electron chi connectivity index (χ3n) is 4.66. The highest BCUT2D eigenvalue weighted by Gasteiger charge is 2.42. The van der Waals surface area contributed by atoms with Crippen LogP contribution in [0.2, 0.25) is 0 Å². The minimum Gasteiger partial charge on any atom is -0.307 e. The number of hydrogen-bond donors (Lipinski definition) is 2. The number of benzene rings is 1. The second kappa shape index (κ2) is 6.64. The number of carbonyl (C=O) groups is 1. The molecule has 0 bridgehead atoms. The SMILES string of the molecule is N#CN1CCC[C@](F)(C(=O)Nc2ccc(-c3cccc4[nH]ncc34)nn2)C1. The maximum Gasteiger partial charge on any atom is 0.265 e. The average molecular weight is 365 g/mol. The fourth-order valence-corrected chi connectivity index (χ4v) is 3.24. The summed E-state index contributed by atoms with van der Waals surface area (Å²) in [6, 6.07) is 8.97. The summed E-state index contributed by atoms with van der Waals surface area (Å²) >= 11 is 0. The fourth-order valence-electron chi connectivity index (χ4n) is 3.24. The molecule has 8 nitrogen and oxygen atoms in total. The normalized spacial score (nSPS) is 19.6. The van der Waals surface area contributed by atoms with Crippen LogP contribution in [0.3, 0.4) is 0 Å². The first-order chi connectivity index (χ1) is 13.1. The molecule has 1 atom stereocenters. The van der Waals surface area contributed by atoms with Gasteiger partial charge in [0.2, 0.25) is 5.67 Å². The number of nitrogens with one attached hydrogen (secondary N) is 2. The topological polar surface area (TPSA) is 111 Å². The van der Waals surface area contributed by atoms with Gasteiger partial charge in [0.05, 0.1) is 24.0 Å². The van der Waals surface area contributed by atoms with Crippen LogP contribution in [-0.4, -0.2) is 50.0 Å². The van der Waals surface area contributed by atoms with E-state index < -0.39 is 11.6 Å². The van der Waals surface area contributed by atoms with E-state index >= 15 is 0 Å². The van der Waals surface area contributed by atoms with Crippen LogP contribution < -0.4 is 5.32 Å². The van der Waals surface area contributed by atoms with Gasteiger partial charge in [0, 0.05) is 17.5 Å². The van der Waals surface area contributed by atoms with Gasteiger partial charge in [-0.3, -0.25) is 9.89 Å². The molecule has 4 rings (SSSR count). The first kappa shape index (κ1) is 16.9. The number of nitriles is 1. The highest BCUT2D eigenvalue weighted by atomic mass is 19.1. The lowest BCUT2D eigenvalue weighted by molar-refractivity contribution is -0.130. The molecule has 2 N–H and O–H groups in total. The summed E-state index contributed by atoms with van der Waals surface area (Å²) in [4.78, 5) is 13.6. The Kier molecular flexibility index (Phi) is 4.16. The lowest BCUT2D eigenvalue weighted by Gasteiger charge is -2.32. The van der Waals surface area contributed by atoms with E-state index in [0.717, 1.165) is 16.5 Å². The standard InChI is InChI=1S/C18H16FN7O/c19-18(7-2-8-26(10-18)11-20)17(27)22-16-6-5-15(24-25-16)12-3-1-4-14-13(12)9-21-23-14/h1,3-6,9H,2,7-8,10H2,(H,21,23)(H,22,25,27)/t18-/m1/s1. The molecule has 1 amide bonds. The molecule has 0 aliphatic carbocycles. The number of likely N-dealkylation sites (tertiary alicyclic amines) is 1. The Morgan fingerprint density at radius 3 is 3.00 bits per heavy atom. The Bertz CT molecular complexity index is 1030. The molecular weight excluding hydrogens is 349 g/mol. The van der Waals surface area contributed by atoms with Crippen molar-refractivity contribution in [1.29, 1.82) is 5.26 Å². The number of anilines is 1. The molecule has 1 aliphatic heterocycles. The van der Waals surface area contributed by atoms with Crippen LogP contribution in [0.5, 0.6) is 0 Å². The molecule has 0 saturated carbocycles. The van der Waals surface area contributed by atoms with Gasteiger partial charge in [-0.1, -0.05) is 12.1 Å². The summed E-state index contributed by atoms with van der Waals surface area (Å²) in [6.07, 6.45) is 4.12. The summed E-state index contributed by atoms with van der Waals surface area (Å²) in [7, 11) is 0. The number of piperidine rings is 1. The van der Waals surface area contributed by atoms with Gasteiger partial charge in [-0.2, -0.15) is 10.4 Å². The Hall–Kier alpha value is -3.54. The molecule has 3 aromatic rings. The van der Waals surface area contributed by atoms with Crippen LogP contribution in [0, 0.1) is 11.5 Å². The lowest BCUT2D eigenvalue weighted by Crippen LogP contribution is -2.51. The van der Waals surface area contributed by atoms with E-state index in [1.165, 1.54) is 4.90 Å². The molecule has 1 saturated heterocycles. The lowest BCUT2D eigenvalue weighted by atomic mass is 9.94. The van der Waals surface area contributed by atoms with E-state index in [4.69, 9.17) is 5.26 Å². The fraction of sp³-hybridized carbons (Fsp3) is 0.278. The molecule has 136 valence electrons. The van der Waals surface area contributed by atoms with Gasteiger partial charge < -0.3 is 10.2 Å². The van der Waals surface area contributed by atoms with Gasteiger partial charge in [0.25, 0.3) is 5.91 Å². The molecule has 1 fully saturated rings. The molecule has 1 aromatic carbocycles. The third-order valence-corrected chi connectivity index (χ3v) is 4.66. The van der Waals surface area contributed by atoms with E-state index in [2.05, 4.69) is 25.7 Å². The van der Waals surface area contributed by atoms with Crippen molar-refractivity contribution in [3.05, 3.63) is 36.5 Å². The van der Waals surface area contributed by atoms with Gasteiger partial charge in [0.1, 0.15) is 0 Å². The second-order valence-electron chi connectivity index (χ2n) is 6.49. The number of halogens is 1. The van der Waals surface area contributed by atoms with E-state index in [1.807, 2.05) is 24.4 Å². The number of H-pyrrole nitrogens is 1. The summed E-state index contributed by atoms with van der Waals surface area (Å²) in [6.45, 7) is 0.215. The molecule has 27 heavy (non-hydrogen) atoms. The van der Waals surface area contributed by atoms with Crippen molar-refractivity contribution in [3.8, 4) is 17.5 Å². The Morgan fingerprint density at radius 2 is 2.22 bits per heavy atom. The van der Waals surface area contributed by atoms with Crippen LogP contribution >= 0.6 is 0 Å². The highest BCUT2D eigenvalue weighted by molar-refractivity contribution is 5.97. The zero-order chi connectivity index (χ0) is 18.9. The molecule has 2 aromatic heterocycles. The molecule has 1 aliphatic rings. The van der Waals surface area contributed by atoms with E-state index in [9.17, 15) is 9.18 Å². The first-order valence-electron chi connectivity index (χ1n) is 8.50. The number of carbonyl (C=O) groups excluding carboxylic acids is 1. The van der Waals surface area contributed by atoms with Crippen LogP contribution in [-0.2, 0) is 4.79 Å². The Balaban J connectivity index is 1.52. The van der Waals surface area contributed by atoms with Gasteiger partial charge in [-0.25, -0.2) is 4.39 Å². The average Bonchev–Trinajstić information content (AvgIpc) is 3.17. The minimum atomic E-state index is -2.11. The quantitative estimate of drug-likeness (QED) is 0.689. The van der Waals surface area contributed by atoms with Gasteiger partial charge in [0.15, 0.2) is 12.0 Å². The number of aromatic amines is 1. The predicted octanol–water partition coefficient (Wildman–Crippen LogP) is 2.24. The molecule has 3 heterocycles. The number of hydrogen-bond acceptors (Lipinski definition) is 6. The number of nitrogens with zero attached hydrogens (tertiary/aromatic N) is 5. The van der Waals surface area contributed by atoms with Crippen LogP contribution in [0.15, 0.2) is 36.5 Å². The first-order valence-corrected chi connectivity index (χ1v) is 8.50. The molecular formula is C18H16FN7O. The summed E-state index contributed by atoms with van der Waals surface area (Å²) in [5.74, 6) is -0.643. The van der Waals surface area contributed by atoms with Crippen molar-refractivity contribution in [2.75, 3.05) is 18.4 Å². The minimum absolute atomic E-state index is 0.0744.